The average Bonchev–Trinajstić information content (AvgIpc) is 3.08. The van der Waals surface area contributed by atoms with Crippen LogP contribution in [0.1, 0.15) is 102 Å². The second-order valence-corrected chi connectivity index (χ2v) is 13.2. The molecule has 0 bridgehead atoms. The molecule has 0 saturated heterocycles. The molecule has 1 aromatic carbocycles. The Morgan fingerprint density at radius 2 is 1.76 bits per heavy atom. The van der Waals surface area contributed by atoms with Gasteiger partial charge < -0.3 is 19.6 Å². The third-order valence-electron chi connectivity index (χ3n) is 8.20. The number of carbonyl (C=O) groups excluding carboxylic acids is 1. The van der Waals surface area contributed by atoms with E-state index < -0.39 is 11.6 Å². The van der Waals surface area contributed by atoms with Gasteiger partial charge in [-0.05, 0) is 73.0 Å². The SMILES string of the molecule is COCCN(C)C1=NC2(CCC(C(C)(C)C)CC2)N(C(CCC(C)(C)C)c2ccc(C(=O)O)cc2)C1=O. The number of amides is 1. The summed E-state index contributed by atoms with van der Waals surface area (Å²) in [6.45, 7) is 14.7. The molecule has 1 spiro atoms. The van der Waals surface area contributed by atoms with Gasteiger partial charge in [0.2, 0.25) is 0 Å². The second-order valence-electron chi connectivity index (χ2n) is 13.2. The molecule has 1 unspecified atom stereocenters. The van der Waals surface area contributed by atoms with E-state index in [9.17, 15) is 14.7 Å². The molecule has 1 atom stereocenters. The summed E-state index contributed by atoms with van der Waals surface area (Å²) >= 11 is 0. The molecule has 1 saturated carbocycles. The number of amidine groups is 1. The quantitative estimate of drug-likeness (QED) is 0.461. The number of nitrogens with zero attached hydrogens (tertiary/aromatic N) is 3. The first-order chi connectivity index (χ1) is 17.2. The van der Waals surface area contributed by atoms with Crippen LogP contribution in [0.15, 0.2) is 29.3 Å². The van der Waals surface area contributed by atoms with Gasteiger partial charge in [0, 0.05) is 20.7 Å². The zero-order valence-corrected chi connectivity index (χ0v) is 24.1. The van der Waals surface area contributed by atoms with Crippen LogP contribution in [0.5, 0.6) is 0 Å². The molecule has 1 heterocycles. The van der Waals surface area contributed by atoms with Gasteiger partial charge in [-0.15, -0.1) is 0 Å². The van der Waals surface area contributed by atoms with E-state index in [1.165, 1.54) is 0 Å². The van der Waals surface area contributed by atoms with E-state index in [0.29, 0.717) is 24.9 Å². The first-order valence-corrected chi connectivity index (χ1v) is 13.7. The van der Waals surface area contributed by atoms with Crippen molar-refractivity contribution in [3.05, 3.63) is 35.4 Å². The summed E-state index contributed by atoms with van der Waals surface area (Å²) in [5, 5.41) is 9.44. The monoisotopic (exact) mass is 513 g/mol. The van der Waals surface area contributed by atoms with Crippen molar-refractivity contribution < 1.29 is 19.4 Å². The standard InChI is InChI=1S/C30H47N3O4/c1-28(2,3)16-15-24(21-9-11-22(12-10-21)27(35)36)33-26(34)25(32(7)19-20-37-8)31-30(33)17-13-23(14-18-30)29(4,5)6/h9-12,23-24H,13-20H2,1-8H3,(H,35,36). The summed E-state index contributed by atoms with van der Waals surface area (Å²) in [5.41, 5.74) is 0.954. The molecule has 0 radical (unpaired) electrons. The van der Waals surface area contributed by atoms with Crippen LogP contribution < -0.4 is 0 Å². The Hall–Kier alpha value is -2.41. The number of likely N-dealkylation sites (N-methyl/N-ethyl adjacent to an activating group) is 1. The predicted molar refractivity (Wildman–Crippen MR) is 148 cm³/mol. The number of ether oxygens (including phenoxy) is 1. The molecule has 1 aromatic rings. The number of aromatic carboxylic acids is 1. The number of rotatable bonds is 8. The number of carboxylic acids is 1. The summed E-state index contributed by atoms with van der Waals surface area (Å²) < 4.78 is 5.28. The lowest BCUT2D eigenvalue weighted by Gasteiger charge is -2.47. The molecule has 1 amide bonds. The highest BCUT2D eigenvalue weighted by Gasteiger charge is 2.53. The van der Waals surface area contributed by atoms with E-state index >= 15 is 0 Å². The lowest BCUT2D eigenvalue weighted by atomic mass is 9.69. The number of hydrogen-bond donors (Lipinski definition) is 1. The maximum Gasteiger partial charge on any atom is 0.335 e. The van der Waals surface area contributed by atoms with Gasteiger partial charge in [-0.2, -0.15) is 0 Å². The van der Waals surface area contributed by atoms with Gasteiger partial charge in [-0.1, -0.05) is 53.7 Å². The van der Waals surface area contributed by atoms with Crippen LogP contribution in [-0.4, -0.2) is 65.6 Å². The Bertz CT molecular complexity index is 980. The fraction of sp³-hybridized carbons (Fsp3) is 0.700. The Balaban J connectivity index is 2.05. The third-order valence-corrected chi connectivity index (χ3v) is 8.20. The second kappa shape index (κ2) is 11.1. The zero-order chi connectivity index (χ0) is 27.6. The number of methoxy groups -OCH3 is 1. The molecule has 3 rings (SSSR count). The topological polar surface area (TPSA) is 82.4 Å². The molecule has 7 heteroatoms. The van der Waals surface area contributed by atoms with Gasteiger partial charge in [0.1, 0.15) is 5.66 Å². The molecule has 1 aliphatic heterocycles. The molecule has 206 valence electrons. The first-order valence-electron chi connectivity index (χ1n) is 13.7. The summed E-state index contributed by atoms with van der Waals surface area (Å²) in [5.74, 6) is 0.115. The smallest absolute Gasteiger partial charge is 0.335 e. The van der Waals surface area contributed by atoms with Crippen LogP contribution >= 0.6 is 0 Å². The summed E-state index contributed by atoms with van der Waals surface area (Å²) in [6, 6.07) is 6.88. The minimum absolute atomic E-state index is 0.0333. The highest BCUT2D eigenvalue weighted by atomic mass is 16.5. The largest absolute Gasteiger partial charge is 0.478 e. The van der Waals surface area contributed by atoms with Gasteiger partial charge in [0.05, 0.1) is 18.2 Å². The normalized spacial score (nSPS) is 23.4. The number of hydrogen-bond acceptors (Lipinski definition) is 5. The van der Waals surface area contributed by atoms with E-state index in [-0.39, 0.29) is 28.3 Å². The number of carbonyl (C=O) groups is 2. The van der Waals surface area contributed by atoms with Gasteiger partial charge >= 0.3 is 5.97 Å². The zero-order valence-electron chi connectivity index (χ0n) is 24.1. The van der Waals surface area contributed by atoms with Crippen molar-refractivity contribution in [2.24, 2.45) is 21.7 Å². The van der Waals surface area contributed by atoms with Gasteiger partial charge in [0.15, 0.2) is 5.84 Å². The minimum atomic E-state index is -0.947. The summed E-state index contributed by atoms with van der Waals surface area (Å²) in [7, 11) is 3.58. The fourth-order valence-corrected chi connectivity index (χ4v) is 5.77. The Morgan fingerprint density at radius 3 is 2.24 bits per heavy atom. The van der Waals surface area contributed by atoms with Crippen LogP contribution in [0.25, 0.3) is 0 Å². The van der Waals surface area contributed by atoms with Crippen LogP contribution in [0, 0.1) is 16.7 Å². The van der Waals surface area contributed by atoms with Crippen LogP contribution in [0.4, 0.5) is 0 Å². The molecule has 1 aliphatic carbocycles. The van der Waals surface area contributed by atoms with E-state index in [2.05, 4.69) is 46.4 Å². The van der Waals surface area contributed by atoms with Crippen molar-refractivity contribution in [3.63, 3.8) is 0 Å². The predicted octanol–water partition coefficient (Wildman–Crippen LogP) is 6.00. The third kappa shape index (κ3) is 6.73. The van der Waals surface area contributed by atoms with E-state index in [1.807, 2.05) is 24.1 Å². The van der Waals surface area contributed by atoms with Crippen molar-refractivity contribution in [2.75, 3.05) is 27.3 Å². The molecular formula is C30H47N3O4. The van der Waals surface area contributed by atoms with E-state index in [4.69, 9.17) is 9.73 Å². The van der Waals surface area contributed by atoms with Crippen molar-refractivity contribution in [1.82, 2.24) is 9.80 Å². The van der Waals surface area contributed by atoms with Gasteiger partial charge in [-0.25, -0.2) is 9.79 Å². The van der Waals surface area contributed by atoms with Crippen molar-refractivity contribution in [1.29, 1.82) is 0 Å². The molecule has 2 aliphatic rings. The molecule has 0 aromatic heterocycles. The summed E-state index contributed by atoms with van der Waals surface area (Å²) in [6.07, 6.45) is 5.43. The lowest BCUT2D eigenvalue weighted by molar-refractivity contribution is -0.134. The van der Waals surface area contributed by atoms with Crippen LogP contribution in [0.3, 0.4) is 0 Å². The highest BCUT2D eigenvalue weighted by Crippen LogP contribution is 2.50. The Kier molecular flexibility index (Phi) is 8.78. The summed E-state index contributed by atoms with van der Waals surface area (Å²) in [4.78, 5) is 34.9. The van der Waals surface area contributed by atoms with Gasteiger partial charge in [0.25, 0.3) is 5.91 Å². The maximum atomic E-state index is 14.2. The number of benzene rings is 1. The molecule has 1 N–H and O–H groups in total. The van der Waals surface area contributed by atoms with Crippen LogP contribution in [0.2, 0.25) is 0 Å². The molecule has 7 nitrogen and oxygen atoms in total. The van der Waals surface area contributed by atoms with E-state index in [1.54, 1.807) is 19.2 Å². The Morgan fingerprint density at radius 1 is 1.16 bits per heavy atom. The molecule has 37 heavy (non-hydrogen) atoms. The number of aliphatic imine (C=N–C) groups is 1. The first kappa shape index (κ1) is 29.2. The van der Waals surface area contributed by atoms with Crippen molar-refractivity contribution >= 4 is 17.7 Å². The minimum Gasteiger partial charge on any atom is -0.478 e. The average molecular weight is 514 g/mol. The molecular weight excluding hydrogens is 466 g/mol. The Labute approximate surface area is 223 Å². The lowest BCUT2D eigenvalue weighted by Crippen LogP contribution is -2.52. The fourth-order valence-electron chi connectivity index (χ4n) is 5.77. The van der Waals surface area contributed by atoms with E-state index in [0.717, 1.165) is 44.1 Å². The van der Waals surface area contributed by atoms with Crippen molar-refractivity contribution in [3.8, 4) is 0 Å². The number of carboxylic acid groups (broad SMARTS) is 1. The van der Waals surface area contributed by atoms with Crippen LogP contribution in [-0.2, 0) is 9.53 Å². The maximum absolute atomic E-state index is 14.2. The highest BCUT2D eigenvalue weighted by molar-refractivity contribution is 6.39. The van der Waals surface area contributed by atoms with Crippen molar-refractivity contribution in [2.45, 2.75) is 91.8 Å². The molecule has 1 fully saturated rings. The van der Waals surface area contributed by atoms with Gasteiger partial charge in [-0.3, -0.25) is 4.79 Å².